The fourth-order valence-electron chi connectivity index (χ4n) is 2.41. The van der Waals surface area contributed by atoms with Crippen molar-refractivity contribution in [3.63, 3.8) is 0 Å². The normalized spacial score (nSPS) is 16.2. The van der Waals surface area contributed by atoms with Crippen molar-refractivity contribution >= 4 is 11.8 Å². The molecule has 1 aromatic rings. The highest BCUT2D eigenvalue weighted by molar-refractivity contribution is 7.99. The maximum atomic E-state index is 5.68. The third kappa shape index (κ3) is 5.76. The van der Waals surface area contributed by atoms with Gasteiger partial charge in [0.25, 0.3) is 0 Å². The molecule has 0 aliphatic carbocycles. The second-order valence-electron chi connectivity index (χ2n) is 5.53. The van der Waals surface area contributed by atoms with E-state index in [1.54, 1.807) is 0 Å². The summed E-state index contributed by atoms with van der Waals surface area (Å²) < 4.78 is 5.68. The molecule has 0 atom stereocenters. The van der Waals surface area contributed by atoms with E-state index >= 15 is 0 Å². The average molecular weight is 293 g/mol. The van der Waals surface area contributed by atoms with Gasteiger partial charge in [0.2, 0.25) is 0 Å². The summed E-state index contributed by atoms with van der Waals surface area (Å²) >= 11 is 2.10. The van der Waals surface area contributed by atoms with Crippen LogP contribution in [0.25, 0.3) is 0 Å². The molecule has 112 valence electrons. The molecule has 1 N–H and O–H groups in total. The number of thioether (sulfide) groups is 1. The number of rotatable bonds is 8. The fraction of sp³-hybridized carbons (Fsp3) is 0.647. The summed E-state index contributed by atoms with van der Waals surface area (Å²) in [5.41, 5.74) is 1.35. The Hall–Kier alpha value is -0.670. The second kappa shape index (κ2) is 9.30. The van der Waals surface area contributed by atoms with Gasteiger partial charge in [-0.2, -0.15) is 11.8 Å². The molecule has 1 saturated heterocycles. The van der Waals surface area contributed by atoms with Crippen molar-refractivity contribution in [2.75, 3.05) is 24.7 Å². The quantitative estimate of drug-likeness (QED) is 0.729. The van der Waals surface area contributed by atoms with Gasteiger partial charge in [-0.3, -0.25) is 0 Å². The topological polar surface area (TPSA) is 21.3 Å². The molecule has 1 aliphatic heterocycles. The highest BCUT2D eigenvalue weighted by Gasteiger charge is 2.12. The fourth-order valence-corrected chi connectivity index (χ4v) is 3.61. The summed E-state index contributed by atoms with van der Waals surface area (Å²) in [6, 6.07) is 8.52. The van der Waals surface area contributed by atoms with Crippen molar-refractivity contribution in [3.8, 4) is 5.75 Å². The Morgan fingerprint density at radius 3 is 2.65 bits per heavy atom. The lowest BCUT2D eigenvalue weighted by molar-refractivity contribution is 0.309. The van der Waals surface area contributed by atoms with E-state index in [-0.39, 0.29) is 0 Å². The monoisotopic (exact) mass is 293 g/mol. The zero-order chi connectivity index (χ0) is 14.0. The predicted octanol–water partition coefficient (Wildman–Crippen LogP) is 4.10. The summed E-state index contributed by atoms with van der Waals surface area (Å²) in [6.45, 7) is 5.14. The number of hydrogen-bond donors (Lipinski definition) is 1. The lowest BCUT2D eigenvalue weighted by atomic mass is 10.0. The Morgan fingerprint density at radius 2 is 1.95 bits per heavy atom. The highest BCUT2D eigenvalue weighted by atomic mass is 32.2. The van der Waals surface area contributed by atoms with E-state index in [9.17, 15) is 0 Å². The van der Waals surface area contributed by atoms with E-state index in [0.29, 0.717) is 0 Å². The van der Waals surface area contributed by atoms with Gasteiger partial charge < -0.3 is 10.1 Å². The molecule has 3 heteroatoms. The van der Waals surface area contributed by atoms with Crippen LogP contribution in [0.1, 0.15) is 38.2 Å². The van der Waals surface area contributed by atoms with Gasteiger partial charge in [0.05, 0.1) is 6.61 Å². The Labute approximate surface area is 127 Å². The molecular formula is C17H27NOS. The molecule has 1 heterocycles. The van der Waals surface area contributed by atoms with Crippen LogP contribution >= 0.6 is 11.8 Å². The van der Waals surface area contributed by atoms with Gasteiger partial charge in [-0.1, -0.05) is 25.5 Å². The third-order valence-electron chi connectivity index (χ3n) is 3.79. The van der Waals surface area contributed by atoms with Gasteiger partial charge >= 0.3 is 0 Å². The van der Waals surface area contributed by atoms with E-state index in [1.165, 1.54) is 36.3 Å². The first kappa shape index (κ1) is 15.7. The maximum absolute atomic E-state index is 5.68. The smallest absolute Gasteiger partial charge is 0.119 e. The molecule has 0 spiro atoms. The molecule has 0 radical (unpaired) electrons. The first-order valence-corrected chi connectivity index (χ1v) is 9.04. The largest absolute Gasteiger partial charge is 0.494 e. The molecule has 2 nitrogen and oxygen atoms in total. The number of nitrogens with one attached hydrogen (secondary N) is 1. The first-order chi connectivity index (χ1) is 9.88. The summed E-state index contributed by atoms with van der Waals surface area (Å²) in [5, 5.41) is 3.59. The molecule has 1 aromatic carbocycles. The van der Waals surface area contributed by atoms with Crippen molar-refractivity contribution in [2.45, 2.75) is 39.2 Å². The minimum absolute atomic E-state index is 0.827. The van der Waals surface area contributed by atoms with Crippen LogP contribution in [0.4, 0.5) is 0 Å². The third-order valence-corrected chi connectivity index (χ3v) is 4.84. The predicted molar refractivity (Wildman–Crippen MR) is 88.6 cm³/mol. The Morgan fingerprint density at radius 1 is 1.20 bits per heavy atom. The lowest BCUT2D eigenvalue weighted by Crippen LogP contribution is -2.25. The SMILES string of the molecule is CCCCOc1ccc(CNCC2CCSCC2)cc1. The van der Waals surface area contributed by atoms with E-state index in [4.69, 9.17) is 4.74 Å². The number of unbranched alkanes of at least 4 members (excludes halogenated alkanes) is 1. The van der Waals surface area contributed by atoms with Crippen LogP contribution in [0, 0.1) is 5.92 Å². The molecule has 20 heavy (non-hydrogen) atoms. The zero-order valence-corrected chi connectivity index (χ0v) is 13.4. The van der Waals surface area contributed by atoms with Gasteiger partial charge in [0, 0.05) is 6.54 Å². The van der Waals surface area contributed by atoms with Crippen molar-refractivity contribution in [1.29, 1.82) is 0 Å². The van der Waals surface area contributed by atoms with Gasteiger partial charge in [-0.25, -0.2) is 0 Å². The van der Waals surface area contributed by atoms with Gasteiger partial charge in [0.15, 0.2) is 0 Å². The Kier molecular flexibility index (Phi) is 7.31. The maximum Gasteiger partial charge on any atom is 0.119 e. The molecule has 0 bridgehead atoms. The van der Waals surface area contributed by atoms with Crippen LogP contribution in [0.3, 0.4) is 0 Å². The van der Waals surface area contributed by atoms with Crippen molar-refractivity contribution in [2.24, 2.45) is 5.92 Å². The lowest BCUT2D eigenvalue weighted by Gasteiger charge is -2.21. The molecule has 0 amide bonds. The summed E-state index contributed by atoms with van der Waals surface area (Å²) in [6.07, 6.45) is 5.06. The summed E-state index contributed by atoms with van der Waals surface area (Å²) in [4.78, 5) is 0. The van der Waals surface area contributed by atoms with Crippen molar-refractivity contribution in [3.05, 3.63) is 29.8 Å². The van der Waals surface area contributed by atoms with Crippen molar-refractivity contribution in [1.82, 2.24) is 5.32 Å². The minimum atomic E-state index is 0.827. The molecule has 0 aromatic heterocycles. The Bertz CT molecular complexity index is 360. The minimum Gasteiger partial charge on any atom is -0.494 e. The molecule has 1 fully saturated rings. The standard InChI is InChI=1S/C17H27NOS/c1-2-3-10-19-17-6-4-15(5-7-17)13-18-14-16-8-11-20-12-9-16/h4-7,16,18H,2-3,8-14H2,1H3. The summed E-state index contributed by atoms with van der Waals surface area (Å²) in [5.74, 6) is 4.56. The average Bonchev–Trinajstić information content (AvgIpc) is 2.50. The molecule has 2 rings (SSSR count). The molecule has 0 unspecified atom stereocenters. The van der Waals surface area contributed by atoms with Crippen molar-refractivity contribution < 1.29 is 4.74 Å². The number of ether oxygens (including phenoxy) is 1. The van der Waals surface area contributed by atoms with Crippen LogP contribution in [0.2, 0.25) is 0 Å². The van der Waals surface area contributed by atoms with Crippen LogP contribution < -0.4 is 10.1 Å². The van der Waals surface area contributed by atoms with Gasteiger partial charge in [-0.15, -0.1) is 0 Å². The van der Waals surface area contributed by atoms with E-state index in [0.717, 1.165) is 37.8 Å². The zero-order valence-electron chi connectivity index (χ0n) is 12.6. The van der Waals surface area contributed by atoms with E-state index in [2.05, 4.69) is 48.3 Å². The van der Waals surface area contributed by atoms with Crippen LogP contribution in [-0.2, 0) is 6.54 Å². The second-order valence-corrected chi connectivity index (χ2v) is 6.76. The highest BCUT2D eigenvalue weighted by Crippen LogP contribution is 2.22. The van der Waals surface area contributed by atoms with Crippen LogP contribution in [0.15, 0.2) is 24.3 Å². The van der Waals surface area contributed by atoms with Gasteiger partial charge in [-0.05, 0) is 60.9 Å². The van der Waals surface area contributed by atoms with Crippen LogP contribution in [-0.4, -0.2) is 24.7 Å². The van der Waals surface area contributed by atoms with Gasteiger partial charge in [0.1, 0.15) is 5.75 Å². The first-order valence-electron chi connectivity index (χ1n) is 7.88. The number of hydrogen-bond acceptors (Lipinski definition) is 3. The van der Waals surface area contributed by atoms with E-state index in [1.807, 2.05) is 0 Å². The van der Waals surface area contributed by atoms with E-state index < -0.39 is 0 Å². The molecular weight excluding hydrogens is 266 g/mol. The summed E-state index contributed by atoms with van der Waals surface area (Å²) in [7, 11) is 0. The number of benzene rings is 1. The Balaban J connectivity index is 1.65. The molecule has 1 aliphatic rings. The molecule has 0 saturated carbocycles. The van der Waals surface area contributed by atoms with Crippen LogP contribution in [0.5, 0.6) is 5.75 Å².